The number of rotatable bonds is 7. The summed E-state index contributed by atoms with van der Waals surface area (Å²) in [4.78, 5) is 0. The van der Waals surface area contributed by atoms with Crippen LogP contribution in [0.25, 0.3) is 0 Å². The van der Waals surface area contributed by atoms with Crippen LogP contribution in [0.3, 0.4) is 0 Å². The molecule has 2 atom stereocenters. The SMILES string of the molecule is CC(COC1CCOC1)Nc1nnc(Cc2ccc(Cl)cc2)s1. The summed E-state index contributed by atoms with van der Waals surface area (Å²) in [6, 6.07) is 7.99. The number of hydrogen-bond donors (Lipinski definition) is 1. The third kappa shape index (κ3) is 5.14. The molecule has 1 aliphatic rings. The van der Waals surface area contributed by atoms with E-state index < -0.39 is 0 Å². The van der Waals surface area contributed by atoms with Gasteiger partial charge in [-0.1, -0.05) is 35.1 Å². The first-order valence-electron chi connectivity index (χ1n) is 7.72. The van der Waals surface area contributed by atoms with Gasteiger partial charge < -0.3 is 14.8 Å². The van der Waals surface area contributed by atoms with Crippen LogP contribution < -0.4 is 5.32 Å². The van der Waals surface area contributed by atoms with Crippen molar-refractivity contribution in [2.45, 2.75) is 31.9 Å². The summed E-state index contributed by atoms with van der Waals surface area (Å²) in [5.41, 5.74) is 1.18. The van der Waals surface area contributed by atoms with Crippen LogP contribution in [0, 0.1) is 0 Å². The van der Waals surface area contributed by atoms with Gasteiger partial charge in [0.25, 0.3) is 0 Å². The molecule has 1 aromatic heterocycles. The Bertz CT molecular complexity index is 614. The minimum absolute atomic E-state index is 0.187. The standard InChI is InChI=1S/C16H20ClN3O2S/c1-11(9-22-14-6-7-21-10-14)18-16-20-19-15(23-16)8-12-2-4-13(17)5-3-12/h2-5,11,14H,6-10H2,1H3,(H,18,20). The van der Waals surface area contributed by atoms with Gasteiger partial charge in [0.2, 0.25) is 5.13 Å². The lowest BCUT2D eigenvalue weighted by Gasteiger charge is -2.15. The highest BCUT2D eigenvalue weighted by Gasteiger charge is 2.17. The highest BCUT2D eigenvalue weighted by molar-refractivity contribution is 7.15. The van der Waals surface area contributed by atoms with Gasteiger partial charge in [0, 0.05) is 24.1 Å². The van der Waals surface area contributed by atoms with E-state index in [1.54, 1.807) is 11.3 Å². The van der Waals surface area contributed by atoms with Crippen LogP contribution in [-0.4, -0.2) is 42.2 Å². The zero-order valence-corrected chi connectivity index (χ0v) is 14.6. The van der Waals surface area contributed by atoms with E-state index in [1.165, 1.54) is 5.56 Å². The highest BCUT2D eigenvalue weighted by Crippen LogP contribution is 2.20. The van der Waals surface area contributed by atoms with Gasteiger partial charge in [-0.3, -0.25) is 0 Å². The fraction of sp³-hybridized carbons (Fsp3) is 0.500. The van der Waals surface area contributed by atoms with E-state index in [-0.39, 0.29) is 12.1 Å². The van der Waals surface area contributed by atoms with Gasteiger partial charge in [0.15, 0.2) is 0 Å². The number of aromatic nitrogens is 2. The number of anilines is 1. The molecule has 1 saturated heterocycles. The van der Waals surface area contributed by atoms with Gasteiger partial charge in [0.1, 0.15) is 5.01 Å². The normalized spacial score (nSPS) is 19.0. The van der Waals surface area contributed by atoms with Crippen molar-refractivity contribution < 1.29 is 9.47 Å². The number of hydrogen-bond acceptors (Lipinski definition) is 6. The molecular weight excluding hydrogens is 334 g/mol. The zero-order chi connectivity index (χ0) is 16.1. The van der Waals surface area contributed by atoms with Gasteiger partial charge in [-0.05, 0) is 31.0 Å². The molecule has 0 aliphatic carbocycles. The Kier molecular flexibility index (Phi) is 5.83. The Hall–Kier alpha value is -1.21. The molecule has 0 spiro atoms. The molecule has 0 saturated carbocycles. The average molecular weight is 354 g/mol. The summed E-state index contributed by atoms with van der Waals surface area (Å²) in [5, 5.41) is 14.3. The number of halogens is 1. The van der Waals surface area contributed by atoms with Gasteiger partial charge in [-0.15, -0.1) is 10.2 Å². The van der Waals surface area contributed by atoms with Gasteiger partial charge in [-0.25, -0.2) is 0 Å². The maximum atomic E-state index is 5.90. The van der Waals surface area contributed by atoms with Crippen molar-refractivity contribution in [3.05, 3.63) is 39.9 Å². The Morgan fingerprint density at radius 2 is 2.22 bits per heavy atom. The molecule has 3 rings (SSSR count). The minimum Gasteiger partial charge on any atom is -0.379 e. The highest BCUT2D eigenvalue weighted by atomic mass is 35.5. The van der Waals surface area contributed by atoms with Crippen LogP contribution >= 0.6 is 22.9 Å². The van der Waals surface area contributed by atoms with E-state index in [2.05, 4.69) is 22.4 Å². The molecule has 2 aromatic rings. The van der Waals surface area contributed by atoms with Crippen LogP contribution in [-0.2, 0) is 15.9 Å². The Balaban J connectivity index is 1.47. The number of ether oxygens (including phenoxy) is 2. The molecular formula is C16H20ClN3O2S. The quantitative estimate of drug-likeness (QED) is 0.826. The summed E-state index contributed by atoms with van der Waals surface area (Å²) >= 11 is 7.47. The second kappa shape index (κ2) is 8.06. The van der Waals surface area contributed by atoms with Crippen molar-refractivity contribution in [1.29, 1.82) is 0 Å². The van der Waals surface area contributed by atoms with Crippen molar-refractivity contribution >= 4 is 28.1 Å². The lowest BCUT2D eigenvalue weighted by molar-refractivity contribution is 0.0395. The van der Waals surface area contributed by atoms with Crippen LogP contribution in [0.1, 0.15) is 23.9 Å². The summed E-state index contributed by atoms with van der Waals surface area (Å²) in [6.07, 6.45) is 1.98. The number of nitrogens with one attached hydrogen (secondary N) is 1. The summed E-state index contributed by atoms with van der Waals surface area (Å²) in [6.45, 7) is 4.23. The molecule has 0 radical (unpaired) electrons. The predicted octanol–water partition coefficient (Wildman–Crippen LogP) is 3.39. The van der Waals surface area contributed by atoms with E-state index in [9.17, 15) is 0 Å². The fourth-order valence-corrected chi connectivity index (χ4v) is 3.35. The van der Waals surface area contributed by atoms with E-state index in [0.717, 1.165) is 34.6 Å². The Labute approximate surface area is 145 Å². The maximum Gasteiger partial charge on any atom is 0.205 e. The lowest BCUT2D eigenvalue weighted by Crippen LogP contribution is -2.25. The molecule has 1 aliphatic heterocycles. The van der Waals surface area contributed by atoms with Crippen LogP contribution in [0.5, 0.6) is 0 Å². The Morgan fingerprint density at radius 1 is 1.39 bits per heavy atom. The summed E-state index contributed by atoms with van der Waals surface area (Å²) in [5.74, 6) is 0. The van der Waals surface area contributed by atoms with Crippen LogP contribution in [0.4, 0.5) is 5.13 Å². The van der Waals surface area contributed by atoms with Gasteiger partial charge in [-0.2, -0.15) is 0 Å². The molecule has 7 heteroatoms. The molecule has 23 heavy (non-hydrogen) atoms. The molecule has 124 valence electrons. The summed E-state index contributed by atoms with van der Waals surface area (Å²) in [7, 11) is 0. The van der Waals surface area contributed by atoms with E-state index in [1.807, 2.05) is 24.3 Å². The molecule has 1 aromatic carbocycles. The minimum atomic E-state index is 0.187. The maximum absolute atomic E-state index is 5.90. The molecule has 0 amide bonds. The van der Waals surface area contributed by atoms with E-state index in [0.29, 0.717) is 13.2 Å². The monoisotopic (exact) mass is 353 g/mol. The lowest BCUT2D eigenvalue weighted by atomic mass is 10.2. The predicted molar refractivity (Wildman–Crippen MR) is 92.4 cm³/mol. The first-order chi connectivity index (χ1) is 11.2. The topological polar surface area (TPSA) is 56.3 Å². The van der Waals surface area contributed by atoms with Crippen molar-refractivity contribution in [1.82, 2.24) is 10.2 Å². The fourth-order valence-electron chi connectivity index (χ4n) is 2.34. The van der Waals surface area contributed by atoms with E-state index in [4.69, 9.17) is 21.1 Å². The second-order valence-electron chi connectivity index (χ2n) is 5.67. The van der Waals surface area contributed by atoms with Crippen LogP contribution in [0.15, 0.2) is 24.3 Å². The molecule has 2 heterocycles. The smallest absolute Gasteiger partial charge is 0.205 e. The molecule has 1 N–H and O–H groups in total. The summed E-state index contributed by atoms with van der Waals surface area (Å²) < 4.78 is 11.1. The van der Waals surface area contributed by atoms with Crippen molar-refractivity contribution in [3.8, 4) is 0 Å². The number of benzene rings is 1. The van der Waals surface area contributed by atoms with Gasteiger partial charge in [0.05, 0.1) is 19.3 Å². The van der Waals surface area contributed by atoms with E-state index >= 15 is 0 Å². The zero-order valence-electron chi connectivity index (χ0n) is 13.0. The second-order valence-corrected chi connectivity index (χ2v) is 7.17. The first-order valence-corrected chi connectivity index (χ1v) is 8.91. The van der Waals surface area contributed by atoms with Gasteiger partial charge >= 0.3 is 0 Å². The number of nitrogens with zero attached hydrogens (tertiary/aromatic N) is 2. The largest absolute Gasteiger partial charge is 0.379 e. The average Bonchev–Trinajstić information content (AvgIpc) is 3.20. The van der Waals surface area contributed by atoms with Crippen molar-refractivity contribution in [3.63, 3.8) is 0 Å². The molecule has 2 unspecified atom stereocenters. The molecule has 5 nitrogen and oxygen atoms in total. The third-order valence-electron chi connectivity index (χ3n) is 3.58. The Morgan fingerprint density at radius 3 is 2.96 bits per heavy atom. The van der Waals surface area contributed by atoms with Crippen molar-refractivity contribution in [2.75, 3.05) is 25.1 Å². The molecule has 1 fully saturated rings. The first kappa shape index (κ1) is 16.6. The molecule has 0 bridgehead atoms. The van der Waals surface area contributed by atoms with Crippen LogP contribution in [0.2, 0.25) is 5.02 Å². The third-order valence-corrected chi connectivity index (χ3v) is 4.68. The van der Waals surface area contributed by atoms with Crippen molar-refractivity contribution in [2.24, 2.45) is 0 Å².